The van der Waals surface area contributed by atoms with Gasteiger partial charge in [0, 0.05) is 19.4 Å². The first-order valence-electron chi connectivity index (χ1n) is 16.3. The number of esters is 1. The van der Waals surface area contributed by atoms with Crippen molar-refractivity contribution >= 4 is 11.8 Å². The molecule has 248 valence electrons. The van der Waals surface area contributed by atoms with Crippen LogP contribution in [0, 0.1) is 16.7 Å². The number of Topliss-reactive ketones (excluding diaryl/α,β-unsaturated/α-hetero) is 1. The molecule has 0 amide bonds. The Morgan fingerprint density at radius 2 is 1.73 bits per heavy atom. The van der Waals surface area contributed by atoms with Crippen LogP contribution in [0.2, 0.25) is 0 Å². The zero-order valence-electron chi connectivity index (χ0n) is 26.9. The van der Waals surface area contributed by atoms with Crippen LogP contribution in [0.4, 0.5) is 0 Å². The van der Waals surface area contributed by atoms with Crippen molar-refractivity contribution in [3.8, 4) is 0 Å². The lowest BCUT2D eigenvalue weighted by Gasteiger charge is -2.67. The van der Waals surface area contributed by atoms with E-state index < -0.39 is 69.9 Å². The van der Waals surface area contributed by atoms with Gasteiger partial charge in [0.25, 0.3) is 0 Å². The molecule has 1 aliphatic heterocycles. The zero-order chi connectivity index (χ0) is 32.6. The van der Waals surface area contributed by atoms with Crippen molar-refractivity contribution in [2.45, 2.75) is 133 Å². The molecule has 10 nitrogen and oxygen atoms in total. The van der Waals surface area contributed by atoms with Gasteiger partial charge in [-0.2, -0.15) is 0 Å². The number of benzene rings is 1. The van der Waals surface area contributed by atoms with Gasteiger partial charge >= 0.3 is 5.97 Å². The summed E-state index contributed by atoms with van der Waals surface area (Å²) in [5, 5.41) is 47.6. The van der Waals surface area contributed by atoms with E-state index in [0.717, 1.165) is 5.57 Å². The van der Waals surface area contributed by atoms with Gasteiger partial charge in [0.2, 0.25) is 0 Å². The maximum Gasteiger partial charge on any atom is 0.338 e. The molecular formula is C35H48O10. The van der Waals surface area contributed by atoms with Crippen LogP contribution >= 0.6 is 0 Å². The maximum absolute atomic E-state index is 13.5. The third-order valence-electron chi connectivity index (χ3n) is 12.7. The van der Waals surface area contributed by atoms with E-state index in [1.165, 1.54) is 6.92 Å². The van der Waals surface area contributed by atoms with E-state index in [9.17, 15) is 30.0 Å². The third kappa shape index (κ3) is 4.62. The summed E-state index contributed by atoms with van der Waals surface area (Å²) in [5.74, 6) is -1.66. The number of methoxy groups -OCH3 is 1. The van der Waals surface area contributed by atoms with Crippen LogP contribution < -0.4 is 0 Å². The van der Waals surface area contributed by atoms with E-state index in [4.69, 9.17) is 18.9 Å². The molecule has 0 unspecified atom stereocenters. The smallest absolute Gasteiger partial charge is 0.338 e. The number of hydrogen-bond donors (Lipinski definition) is 4. The number of fused-ring (bicyclic) bond motifs is 5. The van der Waals surface area contributed by atoms with Gasteiger partial charge in [0.1, 0.15) is 29.0 Å². The molecule has 10 heteroatoms. The summed E-state index contributed by atoms with van der Waals surface area (Å²) >= 11 is 0. The highest BCUT2D eigenvalue weighted by Crippen LogP contribution is 2.71. The largest absolute Gasteiger partial charge is 0.458 e. The van der Waals surface area contributed by atoms with E-state index in [0.29, 0.717) is 31.2 Å². The van der Waals surface area contributed by atoms with Crippen molar-refractivity contribution in [1.82, 2.24) is 0 Å². The van der Waals surface area contributed by atoms with Crippen LogP contribution in [0.5, 0.6) is 0 Å². The van der Waals surface area contributed by atoms with E-state index in [1.807, 2.05) is 6.08 Å². The van der Waals surface area contributed by atoms with Crippen LogP contribution in [0.1, 0.15) is 89.4 Å². The van der Waals surface area contributed by atoms with E-state index in [1.54, 1.807) is 51.3 Å². The molecular weight excluding hydrogens is 580 g/mol. The number of rotatable bonds is 6. The van der Waals surface area contributed by atoms with Crippen LogP contribution in [0.25, 0.3) is 0 Å². The summed E-state index contributed by atoms with van der Waals surface area (Å²) in [4.78, 5) is 26.5. The summed E-state index contributed by atoms with van der Waals surface area (Å²) in [5.41, 5.74) is -6.37. The Kier molecular flexibility index (Phi) is 8.16. The Bertz CT molecular complexity index is 1350. The number of aliphatic hydroxyl groups excluding tert-OH is 1. The predicted octanol–water partition coefficient (Wildman–Crippen LogP) is 3.23. The molecule has 3 saturated carbocycles. The van der Waals surface area contributed by atoms with Crippen LogP contribution in [-0.4, -0.2) is 92.9 Å². The number of aliphatic hydroxyl groups is 4. The number of ether oxygens (including phenoxy) is 4. The van der Waals surface area contributed by atoms with Crippen LogP contribution in [-0.2, 0) is 23.7 Å². The van der Waals surface area contributed by atoms with Crippen molar-refractivity contribution in [2.75, 3.05) is 7.11 Å². The van der Waals surface area contributed by atoms with Crippen molar-refractivity contribution in [3.05, 3.63) is 47.5 Å². The molecule has 1 aromatic carbocycles. The number of carbonyl (C=O) groups excluding carboxylic acids is 2. The molecule has 0 radical (unpaired) electrons. The van der Waals surface area contributed by atoms with Crippen molar-refractivity contribution < 1.29 is 49.0 Å². The molecule has 4 aliphatic carbocycles. The molecule has 0 bridgehead atoms. The monoisotopic (exact) mass is 628 g/mol. The third-order valence-corrected chi connectivity index (χ3v) is 12.7. The second-order valence-corrected chi connectivity index (χ2v) is 14.6. The van der Waals surface area contributed by atoms with Crippen molar-refractivity contribution in [2.24, 2.45) is 16.7 Å². The highest BCUT2D eigenvalue weighted by atomic mass is 16.7. The lowest BCUT2D eigenvalue weighted by molar-refractivity contribution is -0.313. The van der Waals surface area contributed by atoms with Gasteiger partial charge in [-0.15, -0.1) is 0 Å². The SMILES string of the molecule is CO[C@H]1C[C@H](O[C@H]2CC[C@@]3(C)C(=CC[C@]4(O)[C@@H]3C[C@@H](OC(=O)c3ccccc3)[C@@]3(C)[C@]4(O)CC[C@@]3(O)C(C)=O)C2)O[C@H](C)[C@H]1O. The molecule has 5 aliphatic rings. The number of carbonyl (C=O) groups is 2. The van der Waals surface area contributed by atoms with Gasteiger partial charge in [0.05, 0.1) is 29.3 Å². The van der Waals surface area contributed by atoms with Gasteiger partial charge in [-0.3, -0.25) is 4.79 Å². The van der Waals surface area contributed by atoms with Crippen molar-refractivity contribution in [1.29, 1.82) is 0 Å². The Balaban J connectivity index is 1.32. The maximum atomic E-state index is 13.5. The first-order valence-corrected chi connectivity index (χ1v) is 16.3. The van der Waals surface area contributed by atoms with Crippen LogP contribution in [0.3, 0.4) is 0 Å². The van der Waals surface area contributed by atoms with Gasteiger partial charge in [-0.1, -0.05) is 36.8 Å². The average molecular weight is 629 g/mol. The highest BCUT2D eigenvalue weighted by Gasteiger charge is 2.81. The Morgan fingerprint density at radius 1 is 1.02 bits per heavy atom. The van der Waals surface area contributed by atoms with Gasteiger partial charge in [-0.05, 0) is 83.3 Å². The second-order valence-electron chi connectivity index (χ2n) is 14.6. The second kappa shape index (κ2) is 11.2. The van der Waals surface area contributed by atoms with Gasteiger partial charge in [-0.25, -0.2) is 4.79 Å². The topological polar surface area (TPSA) is 152 Å². The molecule has 45 heavy (non-hydrogen) atoms. The summed E-state index contributed by atoms with van der Waals surface area (Å²) in [6.07, 6.45) is 1.27. The zero-order valence-corrected chi connectivity index (χ0v) is 26.9. The standard InChI is InChI=1S/C35H48O10/c1-20-29(37)25(42-5)18-28(43-20)44-24-12-13-31(3)23(17-24)11-14-34(40)26(31)19-27(45-30(38)22-9-7-6-8-10-22)32(4)33(39,21(2)36)15-16-35(32,34)41/h6-11,20,24-29,37,39-41H,12-19H2,1-5H3/t20-,24+,25+,26-,27-,28+,29-,31+,32-,33-,34+,35-/m1/s1. The first kappa shape index (κ1) is 32.7. The van der Waals surface area contributed by atoms with Crippen LogP contribution in [0.15, 0.2) is 42.0 Å². The van der Waals surface area contributed by atoms with Crippen molar-refractivity contribution in [3.63, 3.8) is 0 Å². The van der Waals surface area contributed by atoms with Gasteiger partial charge < -0.3 is 39.4 Å². The molecule has 6 rings (SSSR count). The average Bonchev–Trinajstić information content (AvgIpc) is 3.25. The Morgan fingerprint density at radius 3 is 2.40 bits per heavy atom. The Hall–Kier alpha value is -2.18. The predicted molar refractivity (Wildman–Crippen MR) is 162 cm³/mol. The molecule has 0 aromatic heterocycles. The summed E-state index contributed by atoms with van der Waals surface area (Å²) in [7, 11) is 1.57. The highest BCUT2D eigenvalue weighted by molar-refractivity contribution is 5.90. The fourth-order valence-electron chi connectivity index (χ4n) is 9.79. The minimum Gasteiger partial charge on any atom is -0.458 e. The van der Waals surface area contributed by atoms with E-state index in [2.05, 4.69) is 6.92 Å². The fraction of sp³-hybridized carbons (Fsp3) is 0.714. The quantitative estimate of drug-likeness (QED) is 0.273. The van der Waals surface area contributed by atoms with Gasteiger partial charge in [0.15, 0.2) is 12.1 Å². The molecule has 1 heterocycles. The lowest BCUT2D eigenvalue weighted by atomic mass is 9.42. The molecule has 4 N–H and O–H groups in total. The Labute approximate surface area is 264 Å². The van der Waals surface area contributed by atoms with E-state index in [-0.39, 0.29) is 37.9 Å². The van der Waals surface area contributed by atoms with E-state index >= 15 is 0 Å². The minimum absolute atomic E-state index is 0.0132. The summed E-state index contributed by atoms with van der Waals surface area (Å²) in [6, 6.07) is 8.52. The summed E-state index contributed by atoms with van der Waals surface area (Å²) < 4.78 is 24.0. The minimum atomic E-state index is -1.99. The fourth-order valence-corrected chi connectivity index (χ4v) is 9.79. The molecule has 12 atom stereocenters. The number of hydrogen-bond acceptors (Lipinski definition) is 10. The molecule has 1 saturated heterocycles. The summed E-state index contributed by atoms with van der Waals surface area (Å²) in [6.45, 7) is 6.78. The molecule has 1 aromatic rings. The first-order chi connectivity index (χ1) is 21.1. The lowest BCUT2D eigenvalue weighted by Crippen LogP contribution is -2.78. The number of ketones is 1. The normalized spacial score (nSPS) is 47.6. The molecule has 4 fully saturated rings. The molecule has 0 spiro atoms.